The topological polar surface area (TPSA) is 49.4 Å². The lowest BCUT2D eigenvalue weighted by atomic mass is 10.0. The van der Waals surface area contributed by atoms with E-state index in [1.807, 2.05) is 20.8 Å². The van der Waals surface area contributed by atoms with Crippen LogP contribution < -0.4 is 10.2 Å². The molecule has 1 atom stereocenters. The molecule has 1 aromatic rings. The number of hydrogen-bond donors (Lipinski definition) is 1. The molecule has 6 heteroatoms. The van der Waals surface area contributed by atoms with Gasteiger partial charge >= 0.3 is 0 Å². The van der Waals surface area contributed by atoms with Crippen LogP contribution in [-0.2, 0) is 9.59 Å². The van der Waals surface area contributed by atoms with Crippen LogP contribution in [0.4, 0.5) is 14.5 Å². The van der Waals surface area contributed by atoms with Crippen molar-refractivity contribution in [3.63, 3.8) is 0 Å². The van der Waals surface area contributed by atoms with Crippen LogP contribution in [0.5, 0.6) is 0 Å². The summed E-state index contributed by atoms with van der Waals surface area (Å²) in [6.07, 6.45) is -0.0459. The molecule has 1 fully saturated rings. The summed E-state index contributed by atoms with van der Waals surface area (Å²) in [7, 11) is 0. The van der Waals surface area contributed by atoms with Gasteiger partial charge in [0.25, 0.3) is 0 Å². The molecule has 0 bridgehead atoms. The quantitative estimate of drug-likeness (QED) is 0.910. The van der Waals surface area contributed by atoms with E-state index in [9.17, 15) is 18.4 Å². The normalized spacial score (nSPS) is 19.0. The molecular formula is C15H18F2N2O2. The molecule has 4 nitrogen and oxygen atoms in total. The van der Waals surface area contributed by atoms with E-state index in [2.05, 4.69) is 5.32 Å². The molecule has 1 saturated heterocycles. The molecule has 2 amide bonds. The minimum atomic E-state index is -0.805. The van der Waals surface area contributed by atoms with E-state index in [-0.39, 0.29) is 24.6 Å². The van der Waals surface area contributed by atoms with Crippen LogP contribution in [0, 0.1) is 17.6 Å². The van der Waals surface area contributed by atoms with Gasteiger partial charge in [0.15, 0.2) is 0 Å². The summed E-state index contributed by atoms with van der Waals surface area (Å²) in [6.45, 7) is 5.47. The van der Waals surface area contributed by atoms with Crippen LogP contribution in [-0.4, -0.2) is 23.9 Å². The summed E-state index contributed by atoms with van der Waals surface area (Å²) >= 11 is 0. The fourth-order valence-electron chi connectivity index (χ4n) is 2.32. The maximum atomic E-state index is 13.7. The van der Waals surface area contributed by atoms with E-state index >= 15 is 0 Å². The molecule has 1 unspecified atom stereocenters. The number of amides is 2. The summed E-state index contributed by atoms with van der Waals surface area (Å²) in [5, 5.41) is 2.78. The van der Waals surface area contributed by atoms with Crippen LogP contribution >= 0.6 is 0 Å². The number of para-hydroxylation sites is 1. The second-order valence-electron chi connectivity index (χ2n) is 6.21. The molecule has 0 aliphatic carbocycles. The average Bonchev–Trinajstić information content (AvgIpc) is 2.69. The van der Waals surface area contributed by atoms with Gasteiger partial charge in [-0.25, -0.2) is 8.78 Å². The number of anilines is 1. The predicted octanol–water partition coefficient (Wildman–Crippen LogP) is 2.23. The highest BCUT2D eigenvalue weighted by Crippen LogP contribution is 2.30. The van der Waals surface area contributed by atoms with E-state index in [0.717, 1.165) is 17.0 Å². The summed E-state index contributed by atoms with van der Waals surface area (Å²) in [5.41, 5.74) is -0.801. The van der Waals surface area contributed by atoms with E-state index in [1.165, 1.54) is 6.07 Å². The van der Waals surface area contributed by atoms with Gasteiger partial charge in [-0.15, -0.1) is 0 Å². The molecule has 1 aliphatic heterocycles. The zero-order chi connectivity index (χ0) is 15.8. The molecule has 1 aromatic carbocycles. The highest BCUT2D eigenvalue weighted by Gasteiger charge is 2.38. The van der Waals surface area contributed by atoms with Crippen molar-refractivity contribution in [2.45, 2.75) is 32.7 Å². The van der Waals surface area contributed by atoms with Gasteiger partial charge < -0.3 is 10.2 Å². The molecule has 0 spiro atoms. The Balaban J connectivity index is 2.19. The lowest BCUT2D eigenvalue weighted by Gasteiger charge is -2.23. The van der Waals surface area contributed by atoms with Crippen molar-refractivity contribution in [1.82, 2.24) is 5.32 Å². The number of benzene rings is 1. The first-order chi connectivity index (χ1) is 9.69. The molecule has 1 aliphatic rings. The fourth-order valence-corrected chi connectivity index (χ4v) is 2.32. The van der Waals surface area contributed by atoms with E-state index in [4.69, 9.17) is 0 Å². The predicted molar refractivity (Wildman–Crippen MR) is 74.7 cm³/mol. The van der Waals surface area contributed by atoms with Crippen molar-refractivity contribution >= 4 is 17.5 Å². The maximum Gasteiger partial charge on any atom is 0.228 e. The maximum absolute atomic E-state index is 13.7. The Labute approximate surface area is 122 Å². The molecule has 0 radical (unpaired) electrons. The molecule has 2 rings (SSSR count). The highest BCUT2D eigenvalue weighted by molar-refractivity contribution is 6.00. The SMILES string of the molecule is CC(C)(C)NC(=O)C1CC(=O)N(c2c(F)cccc2F)C1. The third-order valence-corrected chi connectivity index (χ3v) is 3.20. The van der Waals surface area contributed by atoms with E-state index in [0.29, 0.717) is 0 Å². The molecule has 1 N–H and O–H groups in total. The van der Waals surface area contributed by atoms with Crippen molar-refractivity contribution in [2.75, 3.05) is 11.4 Å². The Hall–Kier alpha value is -1.98. The van der Waals surface area contributed by atoms with Gasteiger partial charge in [0.05, 0.1) is 5.92 Å². The first-order valence-electron chi connectivity index (χ1n) is 6.75. The second-order valence-corrected chi connectivity index (χ2v) is 6.21. The molecule has 114 valence electrons. The van der Waals surface area contributed by atoms with Crippen molar-refractivity contribution < 1.29 is 18.4 Å². The van der Waals surface area contributed by atoms with Gasteiger partial charge in [0.1, 0.15) is 17.3 Å². The van der Waals surface area contributed by atoms with Crippen molar-refractivity contribution in [3.8, 4) is 0 Å². The number of nitrogens with zero attached hydrogens (tertiary/aromatic N) is 1. The largest absolute Gasteiger partial charge is 0.351 e. The Morgan fingerprint density at radius 3 is 2.38 bits per heavy atom. The molecule has 1 heterocycles. The number of rotatable bonds is 2. The van der Waals surface area contributed by atoms with Crippen LogP contribution in [0.2, 0.25) is 0 Å². The van der Waals surface area contributed by atoms with E-state index < -0.39 is 29.0 Å². The third kappa shape index (κ3) is 3.37. The van der Waals surface area contributed by atoms with Gasteiger partial charge in [-0.05, 0) is 32.9 Å². The molecule has 21 heavy (non-hydrogen) atoms. The number of halogens is 2. The number of carbonyl (C=O) groups excluding carboxylic acids is 2. The van der Waals surface area contributed by atoms with Crippen LogP contribution in [0.1, 0.15) is 27.2 Å². The van der Waals surface area contributed by atoms with Crippen molar-refractivity contribution in [1.29, 1.82) is 0 Å². The molecule has 0 saturated carbocycles. The Bertz CT molecular complexity index is 561. The second kappa shape index (κ2) is 5.42. The van der Waals surface area contributed by atoms with Crippen molar-refractivity contribution in [3.05, 3.63) is 29.8 Å². The van der Waals surface area contributed by atoms with Gasteiger partial charge in [-0.1, -0.05) is 6.07 Å². The minimum Gasteiger partial charge on any atom is -0.351 e. The zero-order valence-electron chi connectivity index (χ0n) is 12.2. The average molecular weight is 296 g/mol. The van der Waals surface area contributed by atoms with Gasteiger partial charge in [0, 0.05) is 18.5 Å². The molecular weight excluding hydrogens is 278 g/mol. The monoisotopic (exact) mass is 296 g/mol. The van der Waals surface area contributed by atoms with E-state index in [1.54, 1.807) is 0 Å². The lowest BCUT2D eigenvalue weighted by Crippen LogP contribution is -2.44. The van der Waals surface area contributed by atoms with Crippen molar-refractivity contribution in [2.24, 2.45) is 5.92 Å². The minimum absolute atomic E-state index is 0.0153. The summed E-state index contributed by atoms with van der Waals surface area (Å²) in [4.78, 5) is 25.1. The zero-order valence-corrected chi connectivity index (χ0v) is 12.2. The standard InChI is InChI=1S/C15H18F2N2O2/c1-15(2,3)18-14(21)9-7-12(20)19(8-9)13-10(16)5-4-6-11(13)17/h4-6,9H,7-8H2,1-3H3,(H,18,21). The molecule has 0 aromatic heterocycles. The van der Waals surface area contributed by atoms with Crippen LogP contribution in [0.3, 0.4) is 0 Å². The number of carbonyl (C=O) groups is 2. The Morgan fingerprint density at radius 1 is 1.29 bits per heavy atom. The fraction of sp³-hybridized carbons (Fsp3) is 0.467. The number of nitrogens with one attached hydrogen (secondary N) is 1. The van der Waals surface area contributed by atoms with Crippen LogP contribution in [0.25, 0.3) is 0 Å². The summed E-state index contributed by atoms with van der Waals surface area (Å²) < 4.78 is 27.5. The third-order valence-electron chi connectivity index (χ3n) is 3.20. The van der Waals surface area contributed by atoms with Gasteiger partial charge in [-0.3, -0.25) is 9.59 Å². The van der Waals surface area contributed by atoms with Gasteiger partial charge in [-0.2, -0.15) is 0 Å². The first-order valence-corrected chi connectivity index (χ1v) is 6.75. The first kappa shape index (κ1) is 15.4. The summed E-state index contributed by atoms with van der Waals surface area (Å²) in [6, 6.07) is 3.42. The Kier molecular flexibility index (Phi) is 3.98. The number of hydrogen-bond acceptors (Lipinski definition) is 2. The lowest BCUT2D eigenvalue weighted by molar-refractivity contribution is -0.127. The van der Waals surface area contributed by atoms with Crippen LogP contribution in [0.15, 0.2) is 18.2 Å². The smallest absolute Gasteiger partial charge is 0.228 e. The Morgan fingerprint density at radius 2 is 1.86 bits per heavy atom. The van der Waals surface area contributed by atoms with Gasteiger partial charge in [0.2, 0.25) is 11.8 Å². The summed E-state index contributed by atoms with van der Waals surface area (Å²) in [5.74, 6) is -2.95. The highest BCUT2D eigenvalue weighted by atomic mass is 19.1.